The Bertz CT molecular complexity index is 1410. The molecule has 0 spiro atoms. The fourth-order valence-electron chi connectivity index (χ4n) is 5.14. The SMILES string of the molecule is CC(C)(C)OP(=O)(Cc1ccc(CC(NC(=O)OCC2c3ccccc3-c3ccccc32)C(=O)O)cc1)OC(C)(C)C. The highest BCUT2D eigenvalue weighted by Gasteiger charge is 2.35. The quantitative estimate of drug-likeness (QED) is 0.234. The predicted octanol–water partition coefficient (Wildman–Crippen LogP) is 7.54. The molecule has 0 saturated heterocycles. The van der Waals surface area contributed by atoms with Crippen molar-refractivity contribution in [1.82, 2.24) is 5.32 Å². The van der Waals surface area contributed by atoms with Gasteiger partial charge in [-0.25, -0.2) is 9.59 Å². The van der Waals surface area contributed by atoms with E-state index in [0.29, 0.717) is 5.56 Å². The molecule has 224 valence electrons. The van der Waals surface area contributed by atoms with Gasteiger partial charge in [-0.05, 0) is 74.9 Å². The molecule has 2 N–H and O–H groups in total. The van der Waals surface area contributed by atoms with Gasteiger partial charge in [0, 0.05) is 12.3 Å². The summed E-state index contributed by atoms with van der Waals surface area (Å²) in [6.07, 6.45) is -0.670. The molecule has 1 unspecified atom stereocenters. The highest BCUT2D eigenvalue weighted by molar-refractivity contribution is 7.53. The summed E-state index contributed by atoms with van der Waals surface area (Å²) in [5.74, 6) is -1.30. The van der Waals surface area contributed by atoms with E-state index >= 15 is 0 Å². The van der Waals surface area contributed by atoms with E-state index in [2.05, 4.69) is 5.32 Å². The molecule has 3 aromatic rings. The number of rotatable bonds is 10. The van der Waals surface area contributed by atoms with Gasteiger partial charge in [-0.1, -0.05) is 72.8 Å². The van der Waals surface area contributed by atoms with Crippen molar-refractivity contribution in [2.75, 3.05) is 6.61 Å². The molecule has 0 saturated carbocycles. The molecule has 0 heterocycles. The number of carboxylic acid groups (broad SMARTS) is 1. The molecule has 3 aromatic carbocycles. The third-order valence-electron chi connectivity index (χ3n) is 6.60. The summed E-state index contributed by atoms with van der Waals surface area (Å²) in [6.45, 7) is 11.0. The van der Waals surface area contributed by atoms with Gasteiger partial charge in [-0.2, -0.15) is 0 Å². The minimum Gasteiger partial charge on any atom is -0.480 e. The normalized spacial score (nSPS) is 14.1. The second kappa shape index (κ2) is 12.4. The Morgan fingerprint density at radius 2 is 1.29 bits per heavy atom. The molecule has 0 aliphatic heterocycles. The first-order valence-corrected chi connectivity index (χ1v) is 15.8. The number of fused-ring (bicyclic) bond motifs is 3. The van der Waals surface area contributed by atoms with Crippen molar-refractivity contribution in [3.63, 3.8) is 0 Å². The van der Waals surface area contributed by atoms with Crippen molar-refractivity contribution in [3.8, 4) is 11.1 Å². The van der Waals surface area contributed by atoms with Crippen LogP contribution >= 0.6 is 7.60 Å². The van der Waals surface area contributed by atoms with Crippen LogP contribution in [0.2, 0.25) is 0 Å². The van der Waals surface area contributed by atoms with Gasteiger partial charge in [-0.3, -0.25) is 4.57 Å². The number of carbonyl (C=O) groups excluding carboxylic acids is 1. The van der Waals surface area contributed by atoms with E-state index in [-0.39, 0.29) is 25.1 Å². The first kappa shape index (κ1) is 31.5. The summed E-state index contributed by atoms with van der Waals surface area (Å²) < 4.78 is 30.9. The second-order valence-electron chi connectivity index (χ2n) is 12.6. The van der Waals surface area contributed by atoms with E-state index < -0.39 is 36.9 Å². The highest BCUT2D eigenvalue weighted by atomic mass is 31.2. The van der Waals surface area contributed by atoms with Gasteiger partial charge < -0.3 is 24.2 Å². The predicted molar refractivity (Wildman–Crippen MR) is 163 cm³/mol. The summed E-state index contributed by atoms with van der Waals surface area (Å²) in [5.41, 5.74) is 4.46. The Morgan fingerprint density at radius 3 is 1.76 bits per heavy atom. The van der Waals surface area contributed by atoms with Crippen LogP contribution < -0.4 is 5.32 Å². The van der Waals surface area contributed by atoms with Crippen LogP contribution in [0.3, 0.4) is 0 Å². The number of benzene rings is 3. The fraction of sp³-hybridized carbons (Fsp3) is 0.394. The fourth-order valence-corrected chi connectivity index (χ4v) is 7.63. The number of hydrogen-bond acceptors (Lipinski definition) is 6. The average molecular weight is 594 g/mol. The average Bonchev–Trinajstić information content (AvgIpc) is 3.19. The molecule has 42 heavy (non-hydrogen) atoms. The van der Waals surface area contributed by atoms with Crippen LogP contribution in [0, 0.1) is 0 Å². The van der Waals surface area contributed by atoms with Crippen molar-refractivity contribution in [1.29, 1.82) is 0 Å². The van der Waals surface area contributed by atoms with Crippen molar-refractivity contribution in [2.45, 2.75) is 77.3 Å². The smallest absolute Gasteiger partial charge is 0.407 e. The molecule has 9 heteroatoms. The number of hydrogen-bond donors (Lipinski definition) is 2. The summed E-state index contributed by atoms with van der Waals surface area (Å²) in [6, 6.07) is 21.9. The molecule has 1 atom stereocenters. The molecular weight excluding hydrogens is 553 g/mol. The first-order valence-electron chi connectivity index (χ1n) is 14.1. The standard InChI is InChI=1S/C33H40NO7P/c1-32(2,3)40-42(38,41-33(4,5)6)21-23-17-15-22(16-18-23)19-29(30(35)36)34-31(37)39-20-28-26-13-9-7-11-24(26)25-12-8-10-14-27(25)28/h7-18,28-29H,19-21H2,1-6H3,(H,34,37)(H,35,36). The molecule has 0 aromatic heterocycles. The zero-order chi connectivity index (χ0) is 30.7. The van der Waals surface area contributed by atoms with Gasteiger partial charge in [0.25, 0.3) is 0 Å². The van der Waals surface area contributed by atoms with Crippen molar-refractivity contribution < 1.29 is 33.0 Å². The van der Waals surface area contributed by atoms with Gasteiger partial charge in [0.1, 0.15) is 12.6 Å². The number of alkyl carbamates (subject to hydrolysis) is 1. The highest BCUT2D eigenvalue weighted by Crippen LogP contribution is 2.57. The Morgan fingerprint density at radius 1 is 0.810 bits per heavy atom. The number of ether oxygens (including phenoxy) is 1. The van der Waals surface area contributed by atoms with Crippen molar-refractivity contribution in [2.24, 2.45) is 0 Å². The van der Waals surface area contributed by atoms with Crippen LogP contribution in [-0.2, 0) is 35.7 Å². The van der Waals surface area contributed by atoms with Crippen molar-refractivity contribution in [3.05, 3.63) is 95.1 Å². The number of carbonyl (C=O) groups is 2. The molecule has 1 aliphatic carbocycles. The lowest BCUT2D eigenvalue weighted by atomic mass is 9.98. The van der Waals surface area contributed by atoms with E-state index in [4.69, 9.17) is 13.8 Å². The maximum atomic E-state index is 13.6. The Hall–Kier alpha value is -3.45. The lowest BCUT2D eigenvalue weighted by Crippen LogP contribution is -2.42. The lowest BCUT2D eigenvalue weighted by molar-refractivity contribution is -0.139. The number of carboxylic acids is 1. The Balaban J connectivity index is 1.38. The zero-order valence-corrected chi connectivity index (χ0v) is 25.9. The topological polar surface area (TPSA) is 111 Å². The lowest BCUT2D eigenvalue weighted by Gasteiger charge is -2.32. The maximum absolute atomic E-state index is 13.6. The van der Waals surface area contributed by atoms with E-state index in [1.165, 1.54) is 0 Å². The van der Waals surface area contributed by atoms with Crippen LogP contribution in [-0.4, -0.2) is 41.0 Å². The van der Waals surface area contributed by atoms with E-state index in [9.17, 15) is 19.3 Å². The van der Waals surface area contributed by atoms with E-state index in [0.717, 1.165) is 27.8 Å². The van der Waals surface area contributed by atoms with E-state index in [1.807, 2.05) is 90.1 Å². The monoisotopic (exact) mass is 593 g/mol. The molecule has 1 amide bonds. The van der Waals surface area contributed by atoms with Gasteiger partial charge in [-0.15, -0.1) is 0 Å². The van der Waals surface area contributed by atoms with Gasteiger partial charge >= 0.3 is 19.7 Å². The van der Waals surface area contributed by atoms with Crippen LogP contribution in [0.25, 0.3) is 11.1 Å². The number of aliphatic carboxylic acids is 1. The number of nitrogens with one attached hydrogen (secondary N) is 1. The summed E-state index contributed by atoms with van der Waals surface area (Å²) >= 11 is 0. The molecule has 0 bridgehead atoms. The zero-order valence-electron chi connectivity index (χ0n) is 25.0. The van der Waals surface area contributed by atoms with Crippen molar-refractivity contribution >= 4 is 19.7 Å². The minimum atomic E-state index is -3.49. The van der Waals surface area contributed by atoms with Gasteiger partial charge in [0.2, 0.25) is 0 Å². The van der Waals surface area contributed by atoms with Crippen LogP contribution in [0.15, 0.2) is 72.8 Å². The molecular formula is C33H40NO7P. The Labute approximate surface area is 247 Å². The molecule has 4 rings (SSSR count). The molecule has 1 aliphatic rings. The third-order valence-corrected chi connectivity index (χ3v) is 9.00. The summed E-state index contributed by atoms with van der Waals surface area (Å²) in [7, 11) is -3.49. The van der Waals surface area contributed by atoms with Gasteiger partial charge in [0.05, 0.1) is 17.4 Å². The van der Waals surface area contributed by atoms with Gasteiger partial charge in [0.15, 0.2) is 0 Å². The second-order valence-corrected chi connectivity index (χ2v) is 14.5. The minimum absolute atomic E-state index is 0.0501. The summed E-state index contributed by atoms with van der Waals surface area (Å²) in [5, 5.41) is 12.3. The van der Waals surface area contributed by atoms with Crippen LogP contribution in [0.1, 0.15) is 69.7 Å². The van der Waals surface area contributed by atoms with Crippen LogP contribution in [0.4, 0.5) is 4.79 Å². The van der Waals surface area contributed by atoms with Crippen LogP contribution in [0.5, 0.6) is 0 Å². The third kappa shape index (κ3) is 8.31. The summed E-state index contributed by atoms with van der Waals surface area (Å²) in [4.78, 5) is 24.7. The number of amides is 1. The first-order chi connectivity index (χ1) is 19.6. The molecule has 0 radical (unpaired) electrons. The molecule has 8 nitrogen and oxygen atoms in total. The maximum Gasteiger partial charge on any atom is 0.407 e. The molecule has 0 fully saturated rings. The Kier molecular flexibility index (Phi) is 9.31. The van der Waals surface area contributed by atoms with E-state index in [1.54, 1.807) is 24.3 Å². The largest absolute Gasteiger partial charge is 0.480 e.